The molecule has 0 aliphatic heterocycles. The highest BCUT2D eigenvalue weighted by atomic mass is 32.2. The number of furan rings is 1. The molecule has 0 radical (unpaired) electrons. The molecule has 0 fully saturated rings. The van der Waals surface area contributed by atoms with Crippen molar-refractivity contribution in [2.45, 2.75) is 11.7 Å². The molecule has 0 saturated carbocycles. The highest BCUT2D eigenvalue weighted by Crippen LogP contribution is 2.26. The molecule has 0 aliphatic carbocycles. The Kier molecular flexibility index (Phi) is 6.03. The fraction of sp³-hybridized carbons (Fsp3) is 0.100. The normalized spacial score (nSPS) is 10.7. The van der Waals surface area contributed by atoms with E-state index >= 15 is 0 Å². The number of hydrogen-bond donors (Lipinski definition) is 1. The van der Waals surface area contributed by atoms with Crippen molar-refractivity contribution in [1.82, 2.24) is 19.7 Å². The number of nitro groups is 1. The molecule has 3 heterocycles. The number of nitrogens with zero attached hydrogens (tertiary/aromatic N) is 5. The van der Waals surface area contributed by atoms with E-state index in [2.05, 4.69) is 20.5 Å². The molecule has 156 valence electrons. The lowest BCUT2D eigenvalue weighted by Crippen LogP contribution is -2.15. The molecule has 4 rings (SSSR count). The summed E-state index contributed by atoms with van der Waals surface area (Å²) in [6.07, 6.45) is 4.90. The van der Waals surface area contributed by atoms with Crippen LogP contribution in [0, 0.1) is 10.1 Å². The van der Waals surface area contributed by atoms with Gasteiger partial charge in [-0.2, -0.15) is 0 Å². The van der Waals surface area contributed by atoms with Crippen LogP contribution in [0.5, 0.6) is 0 Å². The van der Waals surface area contributed by atoms with Crippen molar-refractivity contribution >= 4 is 29.0 Å². The van der Waals surface area contributed by atoms with E-state index in [1.54, 1.807) is 36.9 Å². The van der Waals surface area contributed by atoms with Gasteiger partial charge in [-0.3, -0.25) is 24.5 Å². The summed E-state index contributed by atoms with van der Waals surface area (Å²) in [5.41, 5.74) is 0.805. The smallest absolute Gasteiger partial charge is 0.292 e. The topological polar surface area (TPSA) is 129 Å². The van der Waals surface area contributed by atoms with Gasteiger partial charge in [0.2, 0.25) is 5.91 Å². The van der Waals surface area contributed by atoms with Gasteiger partial charge in [0.1, 0.15) is 11.4 Å². The second-order valence-corrected chi connectivity index (χ2v) is 7.26. The highest BCUT2D eigenvalue weighted by Gasteiger charge is 2.19. The Hall–Kier alpha value is -3.99. The van der Waals surface area contributed by atoms with Crippen LogP contribution in [0.4, 0.5) is 11.4 Å². The van der Waals surface area contributed by atoms with Crippen molar-refractivity contribution in [1.29, 1.82) is 0 Å². The van der Waals surface area contributed by atoms with Gasteiger partial charge in [-0.1, -0.05) is 23.9 Å². The molecule has 0 bridgehead atoms. The van der Waals surface area contributed by atoms with E-state index < -0.39 is 10.8 Å². The number of aromatic nitrogens is 4. The molecule has 1 amide bonds. The molecule has 0 spiro atoms. The largest absolute Gasteiger partial charge is 0.467 e. The Balaban J connectivity index is 1.52. The quantitative estimate of drug-likeness (QED) is 0.252. The van der Waals surface area contributed by atoms with Crippen LogP contribution < -0.4 is 5.32 Å². The van der Waals surface area contributed by atoms with Crippen LogP contribution in [0.2, 0.25) is 0 Å². The first-order valence-corrected chi connectivity index (χ1v) is 10.1. The SMILES string of the molecule is O=C(CSc1nnc(-c2ccncc2)n1Cc1ccco1)Nc1ccccc1[N+](=O)[O-]. The molecular weight excluding hydrogens is 420 g/mol. The zero-order valence-electron chi connectivity index (χ0n) is 16.0. The monoisotopic (exact) mass is 436 g/mol. The first-order valence-electron chi connectivity index (χ1n) is 9.14. The number of thioether (sulfide) groups is 1. The third-order valence-electron chi connectivity index (χ3n) is 4.26. The number of amides is 1. The van der Waals surface area contributed by atoms with E-state index in [0.717, 1.165) is 5.56 Å². The molecule has 4 aromatic rings. The van der Waals surface area contributed by atoms with Gasteiger partial charge in [-0.25, -0.2) is 0 Å². The first kappa shape index (κ1) is 20.3. The second kappa shape index (κ2) is 9.22. The summed E-state index contributed by atoms with van der Waals surface area (Å²) in [5.74, 6) is 0.928. The Morgan fingerprint density at radius 3 is 2.68 bits per heavy atom. The van der Waals surface area contributed by atoms with Crippen LogP contribution in [-0.2, 0) is 11.3 Å². The van der Waals surface area contributed by atoms with E-state index in [4.69, 9.17) is 4.42 Å². The average molecular weight is 436 g/mol. The number of carbonyl (C=O) groups is 1. The number of carbonyl (C=O) groups excluding carboxylic acids is 1. The standard InChI is InChI=1S/C20H16N6O4S/c27-18(22-16-5-1-2-6-17(16)26(28)29)13-31-20-24-23-19(14-7-9-21-10-8-14)25(20)12-15-4-3-11-30-15/h1-11H,12-13H2,(H,22,27). The van der Waals surface area contributed by atoms with Crippen molar-refractivity contribution < 1.29 is 14.1 Å². The van der Waals surface area contributed by atoms with Crippen molar-refractivity contribution in [2.24, 2.45) is 0 Å². The maximum Gasteiger partial charge on any atom is 0.292 e. The summed E-state index contributed by atoms with van der Waals surface area (Å²) in [5, 5.41) is 22.7. The van der Waals surface area contributed by atoms with Gasteiger partial charge in [0.05, 0.1) is 23.5 Å². The molecule has 0 aliphatic rings. The van der Waals surface area contributed by atoms with Crippen molar-refractivity contribution in [3.8, 4) is 11.4 Å². The summed E-state index contributed by atoms with van der Waals surface area (Å²) in [6, 6.07) is 13.3. The molecule has 0 unspecified atom stereocenters. The number of nitro benzene ring substituents is 1. The predicted molar refractivity (Wildman–Crippen MR) is 114 cm³/mol. The number of benzene rings is 1. The van der Waals surface area contributed by atoms with Crippen LogP contribution in [0.25, 0.3) is 11.4 Å². The lowest BCUT2D eigenvalue weighted by Gasteiger charge is -2.09. The first-order chi connectivity index (χ1) is 15.1. The molecule has 31 heavy (non-hydrogen) atoms. The number of pyridine rings is 1. The molecular formula is C20H16N6O4S. The van der Waals surface area contributed by atoms with Gasteiger partial charge >= 0.3 is 0 Å². The van der Waals surface area contributed by atoms with Crippen LogP contribution in [0.15, 0.2) is 76.8 Å². The summed E-state index contributed by atoms with van der Waals surface area (Å²) >= 11 is 1.18. The molecule has 0 atom stereocenters. The van der Waals surface area contributed by atoms with E-state index in [0.29, 0.717) is 23.3 Å². The van der Waals surface area contributed by atoms with Crippen LogP contribution in [0.1, 0.15) is 5.76 Å². The van der Waals surface area contributed by atoms with Crippen LogP contribution in [-0.4, -0.2) is 36.3 Å². The zero-order chi connectivity index (χ0) is 21.6. The van der Waals surface area contributed by atoms with Gasteiger partial charge in [0.15, 0.2) is 11.0 Å². The minimum absolute atomic E-state index is 0.00131. The van der Waals surface area contributed by atoms with Crippen LogP contribution >= 0.6 is 11.8 Å². The van der Waals surface area contributed by atoms with Crippen LogP contribution in [0.3, 0.4) is 0 Å². The summed E-state index contributed by atoms with van der Waals surface area (Å²) in [6.45, 7) is 0.381. The Bertz CT molecular complexity index is 1190. The number of rotatable bonds is 8. The van der Waals surface area contributed by atoms with Crippen molar-refractivity contribution in [3.63, 3.8) is 0 Å². The number of nitrogens with one attached hydrogen (secondary N) is 1. The summed E-state index contributed by atoms with van der Waals surface area (Å²) < 4.78 is 7.30. The van der Waals surface area contributed by atoms with Gasteiger partial charge in [0, 0.05) is 24.0 Å². The second-order valence-electron chi connectivity index (χ2n) is 6.32. The van der Waals surface area contributed by atoms with Gasteiger partial charge < -0.3 is 9.73 Å². The molecule has 3 aromatic heterocycles. The molecule has 11 heteroatoms. The maximum atomic E-state index is 12.4. The van der Waals surface area contributed by atoms with E-state index in [1.807, 2.05) is 22.8 Å². The number of anilines is 1. The predicted octanol–water partition coefficient (Wildman–Crippen LogP) is 3.62. The Labute approximate surface area is 180 Å². The summed E-state index contributed by atoms with van der Waals surface area (Å²) in [4.78, 5) is 27.0. The fourth-order valence-corrected chi connectivity index (χ4v) is 3.60. The molecule has 10 nitrogen and oxygen atoms in total. The minimum Gasteiger partial charge on any atom is -0.467 e. The molecule has 1 N–H and O–H groups in total. The minimum atomic E-state index is -0.538. The number of para-hydroxylation sites is 2. The summed E-state index contributed by atoms with van der Waals surface area (Å²) in [7, 11) is 0. The Morgan fingerprint density at radius 1 is 1.13 bits per heavy atom. The van der Waals surface area contributed by atoms with Gasteiger partial charge in [0.25, 0.3) is 5.69 Å². The van der Waals surface area contributed by atoms with E-state index in [9.17, 15) is 14.9 Å². The Morgan fingerprint density at radius 2 is 1.94 bits per heavy atom. The van der Waals surface area contributed by atoms with Crippen molar-refractivity contribution in [3.05, 3.63) is 83.1 Å². The number of hydrogen-bond acceptors (Lipinski definition) is 8. The van der Waals surface area contributed by atoms with E-state index in [-0.39, 0.29) is 17.1 Å². The van der Waals surface area contributed by atoms with Gasteiger partial charge in [-0.15, -0.1) is 10.2 Å². The van der Waals surface area contributed by atoms with E-state index in [1.165, 1.54) is 23.9 Å². The molecule has 0 saturated heterocycles. The third kappa shape index (κ3) is 4.78. The van der Waals surface area contributed by atoms with Crippen molar-refractivity contribution in [2.75, 3.05) is 11.1 Å². The van der Waals surface area contributed by atoms with Gasteiger partial charge in [-0.05, 0) is 30.3 Å². The third-order valence-corrected chi connectivity index (χ3v) is 5.22. The average Bonchev–Trinajstić information content (AvgIpc) is 3.43. The lowest BCUT2D eigenvalue weighted by molar-refractivity contribution is -0.383. The molecule has 1 aromatic carbocycles. The fourth-order valence-electron chi connectivity index (χ4n) is 2.87. The maximum absolute atomic E-state index is 12.4. The zero-order valence-corrected chi connectivity index (χ0v) is 16.9. The highest BCUT2D eigenvalue weighted by molar-refractivity contribution is 7.99. The lowest BCUT2D eigenvalue weighted by atomic mass is 10.2.